The molecule has 0 atom stereocenters. The largest absolute Gasteiger partial charge is 0.358 e. The lowest BCUT2D eigenvalue weighted by Gasteiger charge is -2.18. The number of rotatable bonds is 4. The summed E-state index contributed by atoms with van der Waals surface area (Å²) in [6, 6.07) is 0. The number of nitrogens with zero attached hydrogens (tertiary/aromatic N) is 4. The summed E-state index contributed by atoms with van der Waals surface area (Å²) in [6.45, 7) is 3.27. The van der Waals surface area contributed by atoms with Crippen molar-refractivity contribution in [2.75, 3.05) is 13.1 Å². The lowest BCUT2D eigenvalue weighted by molar-refractivity contribution is -0.116. The molecule has 0 unspecified atom stereocenters. The Morgan fingerprint density at radius 2 is 1.86 bits per heavy atom. The van der Waals surface area contributed by atoms with Gasteiger partial charge in [-0.05, 0) is 68.8 Å². The molecule has 1 saturated heterocycles. The lowest BCUT2D eigenvalue weighted by Crippen LogP contribution is -2.20. The molecule has 2 aromatic rings. The zero-order chi connectivity index (χ0) is 18.9. The minimum atomic E-state index is -0.182. The molecule has 7 nitrogen and oxygen atoms in total. The highest BCUT2D eigenvalue weighted by Gasteiger charge is 2.27. The van der Waals surface area contributed by atoms with Crippen molar-refractivity contribution in [3.63, 3.8) is 0 Å². The van der Waals surface area contributed by atoms with Crippen LogP contribution in [-0.4, -0.2) is 44.6 Å². The van der Waals surface area contributed by atoms with Crippen molar-refractivity contribution < 1.29 is 4.79 Å². The predicted octanol–water partition coefficient (Wildman–Crippen LogP) is 2.20. The highest BCUT2D eigenvalue weighted by Crippen LogP contribution is 2.31. The Morgan fingerprint density at radius 3 is 2.68 bits per heavy atom. The third kappa shape index (κ3) is 3.16. The van der Waals surface area contributed by atoms with Gasteiger partial charge in [0.05, 0.1) is 5.57 Å². The van der Waals surface area contributed by atoms with Gasteiger partial charge in [0.25, 0.3) is 5.91 Å². The number of hydrogen-bond acceptors (Lipinski definition) is 5. The van der Waals surface area contributed by atoms with Crippen LogP contribution in [0.2, 0.25) is 0 Å². The van der Waals surface area contributed by atoms with Gasteiger partial charge in [0.15, 0.2) is 0 Å². The van der Waals surface area contributed by atoms with Gasteiger partial charge in [-0.25, -0.2) is 15.4 Å². The summed E-state index contributed by atoms with van der Waals surface area (Å²) < 4.78 is 0. The van der Waals surface area contributed by atoms with E-state index in [1.54, 1.807) is 12.4 Å². The topological polar surface area (TPSA) is 86.3 Å². The summed E-state index contributed by atoms with van der Waals surface area (Å²) in [6.07, 6.45) is 14.0. The van der Waals surface area contributed by atoms with Crippen LogP contribution < -0.4 is 5.43 Å². The van der Waals surface area contributed by atoms with E-state index in [-0.39, 0.29) is 5.91 Å². The number of H-pyrrole nitrogens is 1. The van der Waals surface area contributed by atoms with Crippen molar-refractivity contribution in [2.24, 2.45) is 5.10 Å². The van der Waals surface area contributed by atoms with Crippen molar-refractivity contribution in [2.45, 2.75) is 45.1 Å². The number of fused-ring (bicyclic) bond motifs is 1. The van der Waals surface area contributed by atoms with Crippen molar-refractivity contribution in [1.82, 2.24) is 25.3 Å². The maximum Gasteiger partial charge on any atom is 0.273 e. The quantitative estimate of drug-likeness (QED) is 0.801. The molecule has 0 aromatic carbocycles. The highest BCUT2D eigenvalue weighted by molar-refractivity contribution is 6.33. The van der Waals surface area contributed by atoms with E-state index < -0.39 is 0 Å². The molecule has 0 saturated carbocycles. The molecule has 144 valence electrons. The van der Waals surface area contributed by atoms with Crippen LogP contribution >= 0.6 is 0 Å². The van der Waals surface area contributed by atoms with Gasteiger partial charge in [0.2, 0.25) is 0 Å². The third-order valence-electron chi connectivity index (χ3n) is 5.91. The molecule has 7 heteroatoms. The summed E-state index contributed by atoms with van der Waals surface area (Å²) in [4.78, 5) is 26.8. The monoisotopic (exact) mass is 376 g/mol. The van der Waals surface area contributed by atoms with Crippen molar-refractivity contribution in [3.05, 3.63) is 52.4 Å². The Labute approximate surface area is 164 Å². The van der Waals surface area contributed by atoms with Gasteiger partial charge in [-0.3, -0.25) is 9.69 Å². The Hall–Kier alpha value is -2.80. The molecule has 1 aliphatic carbocycles. The van der Waals surface area contributed by atoms with Crippen molar-refractivity contribution in [1.29, 1.82) is 0 Å². The number of aromatic amines is 1. The average molecular weight is 376 g/mol. The van der Waals surface area contributed by atoms with Gasteiger partial charge in [0, 0.05) is 35.9 Å². The zero-order valence-electron chi connectivity index (χ0n) is 15.9. The van der Waals surface area contributed by atoms with Gasteiger partial charge < -0.3 is 4.98 Å². The van der Waals surface area contributed by atoms with E-state index in [0.717, 1.165) is 43.7 Å². The van der Waals surface area contributed by atoms with E-state index in [4.69, 9.17) is 0 Å². The summed E-state index contributed by atoms with van der Waals surface area (Å²) in [5, 5.41) is 4.22. The molecule has 2 aromatic heterocycles. The van der Waals surface area contributed by atoms with Crippen LogP contribution in [0.3, 0.4) is 0 Å². The fraction of sp³-hybridized carbons (Fsp3) is 0.429. The number of carbonyl (C=O) groups excluding carboxylic acids is 1. The highest BCUT2D eigenvalue weighted by atomic mass is 16.2. The molecule has 0 spiro atoms. The maximum absolute atomic E-state index is 12.5. The van der Waals surface area contributed by atoms with E-state index in [0.29, 0.717) is 11.3 Å². The van der Waals surface area contributed by atoms with E-state index in [2.05, 4.69) is 30.4 Å². The molecule has 4 heterocycles. The number of hydrazone groups is 1. The van der Waals surface area contributed by atoms with Crippen LogP contribution in [0.4, 0.5) is 0 Å². The van der Waals surface area contributed by atoms with Gasteiger partial charge in [-0.2, -0.15) is 5.10 Å². The van der Waals surface area contributed by atoms with Crippen LogP contribution in [0, 0.1) is 0 Å². The van der Waals surface area contributed by atoms with Crippen LogP contribution in [0.15, 0.2) is 29.4 Å². The Bertz CT molecular complexity index is 953. The second kappa shape index (κ2) is 7.31. The van der Waals surface area contributed by atoms with Crippen LogP contribution in [0.5, 0.6) is 0 Å². The molecule has 28 heavy (non-hydrogen) atoms. The molecule has 1 fully saturated rings. The summed E-state index contributed by atoms with van der Waals surface area (Å²) in [5.41, 5.74) is 9.71. The van der Waals surface area contributed by atoms with E-state index in [1.165, 1.54) is 48.8 Å². The Kier molecular flexibility index (Phi) is 4.52. The fourth-order valence-corrected chi connectivity index (χ4v) is 4.50. The van der Waals surface area contributed by atoms with E-state index in [1.807, 2.05) is 6.08 Å². The number of hydrogen-bond donors (Lipinski definition) is 2. The predicted molar refractivity (Wildman–Crippen MR) is 107 cm³/mol. The van der Waals surface area contributed by atoms with Crippen molar-refractivity contribution >= 4 is 17.7 Å². The summed E-state index contributed by atoms with van der Waals surface area (Å²) >= 11 is 0. The smallest absolute Gasteiger partial charge is 0.273 e. The first-order valence-electron chi connectivity index (χ1n) is 10.1. The first-order chi connectivity index (χ1) is 13.8. The van der Waals surface area contributed by atoms with E-state index in [9.17, 15) is 4.79 Å². The first-order valence-corrected chi connectivity index (χ1v) is 10.1. The minimum Gasteiger partial charge on any atom is -0.358 e. The molecule has 2 N–H and O–H groups in total. The molecule has 2 aliphatic heterocycles. The molecule has 0 bridgehead atoms. The summed E-state index contributed by atoms with van der Waals surface area (Å²) in [5.74, 6) is -0.182. The fourth-order valence-electron chi connectivity index (χ4n) is 4.50. The van der Waals surface area contributed by atoms with Crippen LogP contribution in [-0.2, 0) is 24.2 Å². The average Bonchev–Trinajstić information content (AvgIpc) is 3.45. The number of aryl methyl sites for hydroxylation is 1. The second-order valence-electron chi connectivity index (χ2n) is 7.75. The number of carbonyl (C=O) groups is 1. The molecule has 3 aliphatic rings. The van der Waals surface area contributed by atoms with Crippen LogP contribution in [0.1, 0.15) is 53.8 Å². The first kappa shape index (κ1) is 17.3. The summed E-state index contributed by atoms with van der Waals surface area (Å²) in [7, 11) is 0. The van der Waals surface area contributed by atoms with Gasteiger partial charge in [-0.15, -0.1) is 0 Å². The Morgan fingerprint density at radius 1 is 1.07 bits per heavy atom. The normalized spacial score (nSPS) is 21.1. The van der Waals surface area contributed by atoms with Crippen molar-refractivity contribution in [3.8, 4) is 0 Å². The zero-order valence-corrected chi connectivity index (χ0v) is 15.9. The minimum absolute atomic E-state index is 0.182. The second-order valence-corrected chi connectivity index (χ2v) is 7.75. The maximum atomic E-state index is 12.5. The molecule has 5 rings (SSSR count). The standard InChI is InChI=1S/C21H24N6O/c28-21-16(20(25-26-21)14-10-22-13-23-11-14)9-19-17(12-27-7-3-4-8-27)15-5-1-2-6-18(15)24-19/h9-11,13,24H,1-8,12H2,(H,26,28). The Balaban J connectivity index is 1.55. The van der Waals surface area contributed by atoms with Gasteiger partial charge in [0.1, 0.15) is 12.0 Å². The number of likely N-dealkylation sites (tertiary alicyclic amines) is 1. The molecular weight excluding hydrogens is 352 g/mol. The molecule has 1 amide bonds. The number of amides is 1. The van der Waals surface area contributed by atoms with E-state index >= 15 is 0 Å². The molecular formula is C21H24N6O. The number of aromatic nitrogens is 3. The van der Waals surface area contributed by atoms with Gasteiger partial charge in [-0.1, -0.05) is 0 Å². The SMILES string of the molecule is O=C1NN=C(c2cncnc2)C1=Cc1[nH]c2c(c1CN1CCCC1)CCCC2. The van der Waals surface area contributed by atoms with Crippen LogP contribution in [0.25, 0.3) is 6.08 Å². The third-order valence-corrected chi connectivity index (χ3v) is 5.91. The van der Waals surface area contributed by atoms with Gasteiger partial charge >= 0.3 is 0 Å². The number of nitrogens with one attached hydrogen (secondary N) is 2. The lowest BCUT2D eigenvalue weighted by atomic mass is 9.93. The molecule has 0 radical (unpaired) electrons.